The minimum atomic E-state index is 0.560. The highest BCUT2D eigenvalue weighted by Crippen LogP contribution is 2.31. The first-order valence-electron chi connectivity index (χ1n) is 6.66. The molecule has 94 valence electrons. The van der Waals surface area contributed by atoms with Gasteiger partial charge in [0.2, 0.25) is 0 Å². The zero-order chi connectivity index (χ0) is 12.3. The monoisotopic (exact) mass is 232 g/mol. The van der Waals surface area contributed by atoms with E-state index in [-0.39, 0.29) is 0 Å². The fourth-order valence-electron chi connectivity index (χ4n) is 2.77. The van der Waals surface area contributed by atoms with Crippen LogP contribution < -0.4 is 5.73 Å². The second-order valence-corrected chi connectivity index (χ2v) is 5.40. The predicted molar refractivity (Wildman–Crippen MR) is 72.8 cm³/mol. The first-order valence-corrected chi connectivity index (χ1v) is 6.66. The van der Waals surface area contributed by atoms with Crippen LogP contribution in [0.2, 0.25) is 0 Å². The Hall–Kier alpha value is -0.860. The molecule has 0 amide bonds. The molecule has 2 nitrogen and oxygen atoms in total. The zero-order valence-electron chi connectivity index (χ0n) is 11.0. The van der Waals surface area contributed by atoms with Gasteiger partial charge in [-0.15, -0.1) is 0 Å². The number of likely N-dealkylation sites (N-methyl/N-ethyl adjacent to an activating group) is 1. The lowest BCUT2D eigenvalue weighted by molar-refractivity contribution is 0.118. The summed E-state index contributed by atoms with van der Waals surface area (Å²) in [6.45, 7) is 3.95. The van der Waals surface area contributed by atoms with Crippen molar-refractivity contribution in [1.82, 2.24) is 4.90 Å². The summed E-state index contributed by atoms with van der Waals surface area (Å²) in [5, 5.41) is 0. The van der Waals surface area contributed by atoms with E-state index in [1.54, 1.807) is 0 Å². The third-order valence-corrected chi connectivity index (χ3v) is 4.02. The Balaban J connectivity index is 1.96. The van der Waals surface area contributed by atoms with Gasteiger partial charge in [0.25, 0.3) is 0 Å². The number of hydrogen-bond acceptors (Lipinski definition) is 2. The van der Waals surface area contributed by atoms with Gasteiger partial charge < -0.3 is 5.73 Å². The molecule has 17 heavy (non-hydrogen) atoms. The molecule has 1 aliphatic rings. The molecular weight excluding hydrogens is 208 g/mol. The Labute approximate surface area is 105 Å². The van der Waals surface area contributed by atoms with Gasteiger partial charge >= 0.3 is 0 Å². The molecule has 2 rings (SSSR count). The van der Waals surface area contributed by atoms with E-state index in [4.69, 9.17) is 5.73 Å². The average molecular weight is 232 g/mol. The summed E-state index contributed by atoms with van der Waals surface area (Å²) in [7, 11) is 2.21. The van der Waals surface area contributed by atoms with Crippen LogP contribution in [0, 0.1) is 12.8 Å². The van der Waals surface area contributed by atoms with Crippen molar-refractivity contribution in [3.8, 4) is 0 Å². The van der Waals surface area contributed by atoms with Crippen LogP contribution in [0.3, 0.4) is 0 Å². The van der Waals surface area contributed by atoms with E-state index < -0.39 is 0 Å². The predicted octanol–water partition coefficient (Wildman–Crippen LogP) is 2.55. The molecule has 1 saturated carbocycles. The molecule has 1 aromatic rings. The maximum Gasteiger partial charge on any atom is 0.0247 e. The summed E-state index contributed by atoms with van der Waals surface area (Å²) in [5.41, 5.74) is 8.66. The molecule has 0 saturated heterocycles. The third kappa shape index (κ3) is 3.08. The lowest BCUT2D eigenvalue weighted by Gasteiger charge is -2.39. The van der Waals surface area contributed by atoms with Gasteiger partial charge in [-0.05, 0) is 38.3 Å². The second-order valence-electron chi connectivity index (χ2n) is 5.40. The Bertz CT molecular complexity index is 358. The summed E-state index contributed by atoms with van der Waals surface area (Å²) in [4.78, 5) is 2.43. The molecule has 0 radical (unpaired) electrons. The topological polar surface area (TPSA) is 29.3 Å². The summed E-state index contributed by atoms with van der Waals surface area (Å²) in [6.07, 6.45) is 4.11. The van der Waals surface area contributed by atoms with Crippen molar-refractivity contribution < 1.29 is 0 Å². The lowest BCUT2D eigenvalue weighted by atomic mass is 9.79. The van der Waals surface area contributed by atoms with Crippen LogP contribution in [0.25, 0.3) is 0 Å². The SMILES string of the molecule is Cc1cccc(CN(C)C(CN)C2CCC2)c1. The standard InChI is InChI=1S/C15H24N2/c1-12-5-3-6-13(9-12)11-17(2)15(10-16)14-7-4-8-14/h3,5-6,9,14-15H,4,7-8,10-11,16H2,1-2H3. The Kier molecular flexibility index (Phi) is 4.19. The van der Waals surface area contributed by atoms with E-state index in [2.05, 4.69) is 43.1 Å². The van der Waals surface area contributed by atoms with Crippen LogP contribution in [0.15, 0.2) is 24.3 Å². The summed E-state index contributed by atoms with van der Waals surface area (Å²) in [6, 6.07) is 9.32. The molecule has 1 aromatic carbocycles. The van der Waals surface area contributed by atoms with Gasteiger partial charge in [-0.2, -0.15) is 0 Å². The zero-order valence-corrected chi connectivity index (χ0v) is 11.0. The molecule has 0 aliphatic heterocycles. The largest absolute Gasteiger partial charge is 0.329 e. The maximum atomic E-state index is 5.93. The minimum absolute atomic E-state index is 0.560. The minimum Gasteiger partial charge on any atom is -0.329 e. The summed E-state index contributed by atoms with van der Waals surface area (Å²) >= 11 is 0. The van der Waals surface area contributed by atoms with Crippen molar-refractivity contribution in [2.75, 3.05) is 13.6 Å². The fourth-order valence-corrected chi connectivity index (χ4v) is 2.77. The normalized spacial score (nSPS) is 18.1. The molecule has 2 N–H and O–H groups in total. The second kappa shape index (κ2) is 5.65. The average Bonchev–Trinajstić information content (AvgIpc) is 2.22. The van der Waals surface area contributed by atoms with Gasteiger partial charge in [-0.3, -0.25) is 4.90 Å². The first kappa shape index (κ1) is 12.6. The number of hydrogen-bond donors (Lipinski definition) is 1. The number of nitrogens with two attached hydrogens (primary N) is 1. The van der Waals surface area contributed by atoms with Crippen LogP contribution in [-0.4, -0.2) is 24.5 Å². The molecule has 0 spiro atoms. The highest BCUT2D eigenvalue weighted by atomic mass is 15.1. The van der Waals surface area contributed by atoms with Crippen LogP contribution >= 0.6 is 0 Å². The van der Waals surface area contributed by atoms with Gasteiger partial charge in [0.1, 0.15) is 0 Å². The van der Waals surface area contributed by atoms with Crippen molar-refractivity contribution in [3.63, 3.8) is 0 Å². The van der Waals surface area contributed by atoms with E-state index in [1.807, 2.05) is 0 Å². The van der Waals surface area contributed by atoms with Crippen molar-refractivity contribution in [3.05, 3.63) is 35.4 Å². The number of aryl methyl sites for hydroxylation is 1. The van der Waals surface area contributed by atoms with Crippen LogP contribution in [0.1, 0.15) is 30.4 Å². The molecule has 0 bridgehead atoms. The molecule has 1 unspecified atom stereocenters. The van der Waals surface area contributed by atoms with E-state index in [0.29, 0.717) is 6.04 Å². The Morgan fingerprint density at radius 1 is 1.41 bits per heavy atom. The summed E-state index contributed by atoms with van der Waals surface area (Å²) < 4.78 is 0. The molecule has 1 fully saturated rings. The molecule has 1 atom stereocenters. The molecular formula is C15H24N2. The molecule has 0 heterocycles. The third-order valence-electron chi connectivity index (χ3n) is 4.02. The smallest absolute Gasteiger partial charge is 0.0247 e. The molecule has 1 aliphatic carbocycles. The number of nitrogens with zero attached hydrogens (tertiary/aromatic N) is 1. The van der Waals surface area contributed by atoms with Gasteiger partial charge in [0.05, 0.1) is 0 Å². The number of benzene rings is 1. The fraction of sp³-hybridized carbons (Fsp3) is 0.600. The van der Waals surface area contributed by atoms with Crippen molar-refractivity contribution in [2.45, 2.75) is 38.8 Å². The highest BCUT2D eigenvalue weighted by molar-refractivity contribution is 5.22. The van der Waals surface area contributed by atoms with Gasteiger partial charge in [0.15, 0.2) is 0 Å². The molecule has 0 aromatic heterocycles. The first-order chi connectivity index (χ1) is 8.20. The Morgan fingerprint density at radius 3 is 2.71 bits per heavy atom. The van der Waals surface area contributed by atoms with Gasteiger partial charge in [-0.25, -0.2) is 0 Å². The van der Waals surface area contributed by atoms with E-state index >= 15 is 0 Å². The lowest BCUT2D eigenvalue weighted by Crippen LogP contribution is -2.45. The van der Waals surface area contributed by atoms with Gasteiger partial charge in [0, 0.05) is 19.1 Å². The molecule has 2 heteroatoms. The van der Waals surface area contributed by atoms with Crippen molar-refractivity contribution in [2.24, 2.45) is 11.7 Å². The highest BCUT2D eigenvalue weighted by Gasteiger charge is 2.28. The van der Waals surface area contributed by atoms with Crippen molar-refractivity contribution >= 4 is 0 Å². The van der Waals surface area contributed by atoms with Crippen LogP contribution in [0.4, 0.5) is 0 Å². The van der Waals surface area contributed by atoms with E-state index in [1.165, 1.54) is 30.4 Å². The van der Waals surface area contributed by atoms with E-state index in [9.17, 15) is 0 Å². The number of rotatable bonds is 5. The maximum absolute atomic E-state index is 5.93. The van der Waals surface area contributed by atoms with Crippen molar-refractivity contribution in [1.29, 1.82) is 0 Å². The quantitative estimate of drug-likeness (QED) is 0.845. The van der Waals surface area contributed by atoms with Crippen LogP contribution in [-0.2, 0) is 6.54 Å². The summed E-state index contributed by atoms with van der Waals surface area (Å²) in [5.74, 6) is 0.829. The van der Waals surface area contributed by atoms with Crippen LogP contribution in [0.5, 0.6) is 0 Å². The van der Waals surface area contributed by atoms with E-state index in [0.717, 1.165) is 19.0 Å². The Morgan fingerprint density at radius 2 is 2.18 bits per heavy atom. The van der Waals surface area contributed by atoms with Gasteiger partial charge in [-0.1, -0.05) is 36.2 Å².